The third kappa shape index (κ3) is 2.34. The monoisotopic (exact) mass is 259 g/mol. The molecule has 1 atom stereocenters. The minimum Gasteiger partial charge on any atom is -0.392 e. The van der Waals surface area contributed by atoms with E-state index in [1.165, 1.54) is 16.4 Å². The van der Waals surface area contributed by atoms with E-state index < -0.39 is 21.9 Å². The fourth-order valence-electron chi connectivity index (χ4n) is 1.81. The molecule has 0 radical (unpaired) electrons. The van der Waals surface area contributed by atoms with Gasteiger partial charge in [0.2, 0.25) is 10.0 Å². The summed E-state index contributed by atoms with van der Waals surface area (Å²) in [5.74, 6) is -0.536. The van der Waals surface area contributed by atoms with Gasteiger partial charge in [-0.25, -0.2) is 12.8 Å². The van der Waals surface area contributed by atoms with Gasteiger partial charge in [-0.05, 0) is 31.0 Å². The van der Waals surface area contributed by atoms with Crippen LogP contribution in [0.25, 0.3) is 0 Å². The molecule has 4 nitrogen and oxygen atoms in total. The van der Waals surface area contributed by atoms with Crippen LogP contribution in [0.4, 0.5) is 4.39 Å². The number of rotatable bonds is 2. The van der Waals surface area contributed by atoms with Gasteiger partial charge in [-0.1, -0.05) is 6.07 Å². The molecule has 1 heterocycles. The zero-order valence-electron chi connectivity index (χ0n) is 9.43. The highest BCUT2D eigenvalue weighted by Gasteiger charge is 2.31. The third-order valence-electron chi connectivity index (χ3n) is 2.91. The van der Waals surface area contributed by atoms with Crippen molar-refractivity contribution < 1.29 is 17.9 Å². The topological polar surface area (TPSA) is 57.6 Å². The number of hydrogen-bond acceptors (Lipinski definition) is 3. The number of β-amino-alcohol motifs (C(OH)–C–C–N with tert-alkyl or cyclic N) is 1. The number of halogens is 1. The minimum absolute atomic E-state index is 0.0605. The van der Waals surface area contributed by atoms with Crippen LogP contribution < -0.4 is 0 Å². The van der Waals surface area contributed by atoms with Gasteiger partial charge >= 0.3 is 0 Å². The highest BCUT2D eigenvalue weighted by Crippen LogP contribution is 2.22. The van der Waals surface area contributed by atoms with Gasteiger partial charge in [-0.3, -0.25) is 0 Å². The van der Waals surface area contributed by atoms with Crippen molar-refractivity contribution in [2.45, 2.75) is 24.3 Å². The average Bonchev–Trinajstić information content (AvgIpc) is 2.69. The quantitative estimate of drug-likeness (QED) is 0.858. The number of aliphatic hydroxyl groups excluding tert-OH is 1. The van der Waals surface area contributed by atoms with Gasteiger partial charge < -0.3 is 5.11 Å². The summed E-state index contributed by atoms with van der Waals surface area (Å²) in [7, 11) is -3.68. The lowest BCUT2D eigenvalue weighted by Crippen LogP contribution is -2.29. The first-order chi connectivity index (χ1) is 7.91. The van der Waals surface area contributed by atoms with Crippen molar-refractivity contribution in [2.24, 2.45) is 0 Å². The smallest absolute Gasteiger partial charge is 0.243 e. The van der Waals surface area contributed by atoms with Gasteiger partial charge in [-0.2, -0.15) is 4.31 Å². The first-order valence-electron chi connectivity index (χ1n) is 5.35. The first kappa shape index (κ1) is 12.5. The summed E-state index contributed by atoms with van der Waals surface area (Å²) in [5, 5.41) is 9.33. The highest BCUT2D eigenvalue weighted by molar-refractivity contribution is 7.89. The number of nitrogens with zero attached hydrogens (tertiary/aromatic N) is 1. The molecule has 0 amide bonds. The van der Waals surface area contributed by atoms with E-state index in [0.717, 1.165) is 6.07 Å². The Morgan fingerprint density at radius 3 is 2.71 bits per heavy atom. The normalized spacial score (nSPS) is 21.9. The maximum absolute atomic E-state index is 13.3. The second-order valence-electron chi connectivity index (χ2n) is 4.22. The van der Waals surface area contributed by atoms with Crippen molar-refractivity contribution in [1.29, 1.82) is 0 Å². The molecule has 0 aromatic heterocycles. The zero-order chi connectivity index (χ0) is 12.6. The lowest BCUT2D eigenvalue weighted by atomic mass is 10.2. The van der Waals surface area contributed by atoms with E-state index in [1.54, 1.807) is 6.92 Å². The molecule has 1 N–H and O–H groups in total. The lowest BCUT2D eigenvalue weighted by molar-refractivity contribution is 0.189. The van der Waals surface area contributed by atoms with Gasteiger partial charge in [0.25, 0.3) is 0 Å². The van der Waals surface area contributed by atoms with Crippen LogP contribution in [0.5, 0.6) is 0 Å². The van der Waals surface area contributed by atoms with Crippen LogP contribution in [0.1, 0.15) is 12.0 Å². The second kappa shape index (κ2) is 4.36. The average molecular weight is 259 g/mol. The second-order valence-corrected chi connectivity index (χ2v) is 6.15. The van der Waals surface area contributed by atoms with Crippen molar-refractivity contribution in [2.75, 3.05) is 13.1 Å². The summed E-state index contributed by atoms with van der Waals surface area (Å²) in [6, 6.07) is 3.85. The number of aliphatic hydroxyl groups is 1. The summed E-state index contributed by atoms with van der Waals surface area (Å²) in [4.78, 5) is -0.0605. The van der Waals surface area contributed by atoms with Crippen LogP contribution in [-0.2, 0) is 10.0 Å². The zero-order valence-corrected chi connectivity index (χ0v) is 10.2. The van der Waals surface area contributed by atoms with E-state index in [9.17, 15) is 17.9 Å². The van der Waals surface area contributed by atoms with Crippen LogP contribution in [-0.4, -0.2) is 37.0 Å². The van der Waals surface area contributed by atoms with Crippen molar-refractivity contribution in [3.05, 3.63) is 29.6 Å². The molecule has 1 saturated heterocycles. The van der Waals surface area contributed by atoms with Crippen LogP contribution in [0.3, 0.4) is 0 Å². The molecule has 17 heavy (non-hydrogen) atoms. The van der Waals surface area contributed by atoms with E-state index in [2.05, 4.69) is 0 Å². The van der Waals surface area contributed by atoms with Crippen molar-refractivity contribution in [1.82, 2.24) is 4.31 Å². The summed E-state index contributed by atoms with van der Waals surface area (Å²) in [5.41, 5.74) is 0.408. The molecule has 1 aromatic carbocycles. The van der Waals surface area contributed by atoms with Crippen LogP contribution >= 0.6 is 0 Å². The summed E-state index contributed by atoms with van der Waals surface area (Å²) in [6.07, 6.45) is -0.201. The first-order valence-corrected chi connectivity index (χ1v) is 6.79. The number of benzene rings is 1. The molecule has 6 heteroatoms. The van der Waals surface area contributed by atoms with Crippen LogP contribution in [0, 0.1) is 12.7 Å². The molecule has 0 aliphatic carbocycles. The Morgan fingerprint density at radius 2 is 2.18 bits per heavy atom. The number of sulfonamides is 1. The molecule has 0 spiro atoms. The molecule has 2 rings (SSSR count). The van der Waals surface area contributed by atoms with E-state index >= 15 is 0 Å². The Bertz CT molecular complexity index is 530. The summed E-state index contributed by atoms with van der Waals surface area (Å²) in [6.45, 7) is 1.93. The van der Waals surface area contributed by atoms with E-state index in [1.807, 2.05) is 0 Å². The largest absolute Gasteiger partial charge is 0.392 e. The predicted molar refractivity (Wildman–Crippen MR) is 60.5 cm³/mol. The van der Waals surface area contributed by atoms with Crippen LogP contribution in [0.2, 0.25) is 0 Å². The standard InChI is InChI=1S/C11H14FNO3S/c1-8-2-3-10(6-11(8)12)17(15,16)13-5-4-9(14)7-13/h2-3,6,9,14H,4-5,7H2,1H3/t9-/m1/s1. The lowest BCUT2D eigenvalue weighted by Gasteiger charge is -2.15. The molecule has 1 aliphatic rings. The Balaban J connectivity index is 2.35. The highest BCUT2D eigenvalue weighted by atomic mass is 32.2. The Hall–Kier alpha value is -0.980. The Labute approximate surface area is 99.7 Å². The van der Waals surface area contributed by atoms with Gasteiger partial charge in [0.05, 0.1) is 11.0 Å². The number of aryl methyl sites for hydroxylation is 1. The third-order valence-corrected chi connectivity index (χ3v) is 4.77. The molecule has 1 fully saturated rings. The molecule has 1 aliphatic heterocycles. The molecule has 0 bridgehead atoms. The summed E-state index contributed by atoms with van der Waals surface area (Å²) >= 11 is 0. The summed E-state index contributed by atoms with van der Waals surface area (Å²) < 4.78 is 38.7. The van der Waals surface area contributed by atoms with E-state index in [4.69, 9.17) is 0 Å². The van der Waals surface area contributed by atoms with Crippen molar-refractivity contribution >= 4 is 10.0 Å². The van der Waals surface area contributed by atoms with Gasteiger partial charge in [0.1, 0.15) is 5.82 Å². The molecular weight excluding hydrogens is 245 g/mol. The molecular formula is C11H14FNO3S. The Kier molecular flexibility index (Phi) is 3.20. The van der Waals surface area contributed by atoms with Gasteiger partial charge in [0, 0.05) is 13.1 Å². The fourth-order valence-corrected chi connectivity index (χ4v) is 3.32. The predicted octanol–water partition coefficient (Wildman–Crippen LogP) is 0.889. The van der Waals surface area contributed by atoms with Crippen molar-refractivity contribution in [3.63, 3.8) is 0 Å². The van der Waals surface area contributed by atoms with E-state index in [-0.39, 0.29) is 18.0 Å². The SMILES string of the molecule is Cc1ccc(S(=O)(=O)N2CC[C@@H](O)C2)cc1F. The maximum atomic E-state index is 13.3. The number of hydrogen-bond donors (Lipinski definition) is 1. The van der Waals surface area contributed by atoms with E-state index in [0.29, 0.717) is 12.0 Å². The van der Waals surface area contributed by atoms with Crippen LogP contribution in [0.15, 0.2) is 23.1 Å². The minimum atomic E-state index is -3.68. The fraction of sp³-hybridized carbons (Fsp3) is 0.455. The molecule has 1 aromatic rings. The van der Waals surface area contributed by atoms with Gasteiger partial charge in [-0.15, -0.1) is 0 Å². The molecule has 0 saturated carbocycles. The molecule has 94 valence electrons. The van der Waals surface area contributed by atoms with Gasteiger partial charge in [0.15, 0.2) is 0 Å². The maximum Gasteiger partial charge on any atom is 0.243 e. The molecule has 0 unspecified atom stereocenters. The Morgan fingerprint density at radius 1 is 1.47 bits per heavy atom. The van der Waals surface area contributed by atoms with Crippen molar-refractivity contribution in [3.8, 4) is 0 Å².